The van der Waals surface area contributed by atoms with Gasteiger partial charge in [-0.1, -0.05) is 6.07 Å². The fourth-order valence-electron chi connectivity index (χ4n) is 1.52. The maximum Gasteiger partial charge on any atom is 0.251 e. The van der Waals surface area contributed by atoms with Gasteiger partial charge in [-0.05, 0) is 40.8 Å². The number of primary amides is 1. The van der Waals surface area contributed by atoms with Crippen molar-refractivity contribution in [3.63, 3.8) is 0 Å². The highest BCUT2D eigenvalue weighted by Crippen LogP contribution is 2.26. The molecule has 1 aromatic heterocycles. The molecule has 0 spiro atoms. The first-order chi connectivity index (χ1) is 8.99. The summed E-state index contributed by atoms with van der Waals surface area (Å²) in [6.45, 7) is 0. The van der Waals surface area contributed by atoms with Crippen LogP contribution >= 0.6 is 22.6 Å². The lowest BCUT2D eigenvalue weighted by atomic mass is 10.2. The Kier molecular flexibility index (Phi) is 3.84. The number of hydrogen-bond donors (Lipinski definition) is 3. The Hall–Kier alpha value is -1.90. The van der Waals surface area contributed by atoms with Crippen molar-refractivity contribution in [1.29, 1.82) is 0 Å². The fraction of sp³-hybridized carbons (Fsp3) is 0. The molecule has 1 aromatic carbocycles. The lowest BCUT2D eigenvalue weighted by Gasteiger charge is -2.12. The van der Waals surface area contributed by atoms with E-state index in [1.165, 1.54) is 18.3 Å². The van der Waals surface area contributed by atoms with E-state index < -0.39 is 5.91 Å². The fourth-order valence-corrected chi connectivity index (χ4v) is 2.01. The second-order valence-corrected chi connectivity index (χ2v) is 4.82. The summed E-state index contributed by atoms with van der Waals surface area (Å²) in [5, 5.41) is 2.92. The van der Waals surface area contributed by atoms with E-state index in [4.69, 9.17) is 11.5 Å². The molecule has 7 heteroatoms. The van der Waals surface area contributed by atoms with E-state index in [1.807, 2.05) is 22.6 Å². The summed E-state index contributed by atoms with van der Waals surface area (Å²) in [5.74, 6) is -0.800. The first-order valence-electron chi connectivity index (χ1n) is 5.25. The molecule has 19 heavy (non-hydrogen) atoms. The van der Waals surface area contributed by atoms with Crippen molar-refractivity contribution in [3.05, 3.63) is 45.4 Å². The number of halogens is 2. The third kappa shape index (κ3) is 2.92. The molecule has 0 atom stereocenters. The van der Waals surface area contributed by atoms with Gasteiger partial charge >= 0.3 is 0 Å². The molecule has 98 valence electrons. The molecule has 1 amide bonds. The minimum absolute atomic E-state index is 0.188. The van der Waals surface area contributed by atoms with Crippen LogP contribution in [0.2, 0.25) is 0 Å². The van der Waals surface area contributed by atoms with Gasteiger partial charge < -0.3 is 16.8 Å². The summed E-state index contributed by atoms with van der Waals surface area (Å²) < 4.78 is 13.8. The van der Waals surface area contributed by atoms with Gasteiger partial charge in [0.25, 0.3) is 5.91 Å². The third-order valence-electron chi connectivity index (χ3n) is 2.41. The summed E-state index contributed by atoms with van der Waals surface area (Å²) >= 11 is 1.87. The van der Waals surface area contributed by atoms with Crippen molar-refractivity contribution < 1.29 is 9.18 Å². The van der Waals surface area contributed by atoms with Crippen LogP contribution in [0.3, 0.4) is 0 Å². The van der Waals surface area contributed by atoms with E-state index in [-0.39, 0.29) is 17.2 Å². The number of carbonyl (C=O) groups excluding carboxylic acids is 1. The van der Waals surface area contributed by atoms with Crippen molar-refractivity contribution in [2.45, 2.75) is 0 Å². The van der Waals surface area contributed by atoms with Crippen LogP contribution in [0.5, 0.6) is 0 Å². The average molecular weight is 372 g/mol. The Bertz CT molecular complexity index is 648. The van der Waals surface area contributed by atoms with Gasteiger partial charge in [-0.25, -0.2) is 9.37 Å². The summed E-state index contributed by atoms with van der Waals surface area (Å²) in [6.07, 6.45) is 1.39. The van der Waals surface area contributed by atoms with E-state index in [1.54, 1.807) is 12.1 Å². The van der Waals surface area contributed by atoms with Crippen LogP contribution in [0.15, 0.2) is 30.5 Å². The Labute approximate surface area is 122 Å². The van der Waals surface area contributed by atoms with Crippen LogP contribution < -0.4 is 16.8 Å². The van der Waals surface area contributed by atoms with Crippen molar-refractivity contribution >= 4 is 45.7 Å². The van der Waals surface area contributed by atoms with Gasteiger partial charge in [-0.2, -0.15) is 0 Å². The number of carbonyl (C=O) groups is 1. The molecule has 1 heterocycles. The predicted octanol–water partition coefficient (Wildman–Crippen LogP) is 2.25. The maximum absolute atomic E-state index is 13.4. The molecular formula is C12H10FIN4O. The first-order valence-corrected chi connectivity index (χ1v) is 6.33. The zero-order valence-corrected chi connectivity index (χ0v) is 11.8. The van der Waals surface area contributed by atoms with Gasteiger partial charge in [0.05, 0.1) is 26.7 Å². The number of anilines is 3. The molecule has 0 radical (unpaired) electrons. The highest BCUT2D eigenvalue weighted by molar-refractivity contribution is 14.1. The third-order valence-corrected chi connectivity index (χ3v) is 3.51. The van der Waals surface area contributed by atoms with E-state index in [0.29, 0.717) is 14.9 Å². The number of rotatable bonds is 3. The molecule has 0 fully saturated rings. The number of benzene rings is 1. The zero-order chi connectivity index (χ0) is 14.0. The summed E-state index contributed by atoms with van der Waals surface area (Å²) in [5.41, 5.74) is 11.9. The smallest absolute Gasteiger partial charge is 0.251 e. The molecule has 0 aliphatic carbocycles. The van der Waals surface area contributed by atoms with Gasteiger partial charge in [0.2, 0.25) is 0 Å². The summed E-state index contributed by atoms with van der Waals surface area (Å²) in [4.78, 5) is 15.2. The van der Waals surface area contributed by atoms with Gasteiger partial charge in [0.15, 0.2) is 0 Å². The van der Waals surface area contributed by atoms with E-state index in [9.17, 15) is 9.18 Å². The molecule has 0 bridgehead atoms. The van der Waals surface area contributed by atoms with E-state index in [0.717, 1.165) is 0 Å². The number of nitrogens with one attached hydrogen (secondary N) is 1. The minimum Gasteiger partial charge on any atom is -0.384 e. The maximum atomic E-state index is 13.4. The van der Waals surface area contributed by atoms with Crippen LogP contribution in [-0.4, -0.2) is 10.9 Å². The Morgan fingerprint density at radius 1 is 1.37 bits per heavy atom. The number of nitrogens with two attached hydrogens (primary N) is 2. The van der Waals surface area contributed by atoms with Gasteiger partial charge in [0.1, 0.15) is 11.6 Å². The number of pyridine rings is 1. The number of nitrogen functional groups attached to an aromatic ring is 1. The monoisotopic (exact) mass is 372 g/mol. The molecule has 0 saturated carbocycles. The first kappa shape index (κ1) is 13.5. The molecule has 0 saturated heterocycles. The topological polar surface area (TPSA) is 94.0 Å². The second-order valence-electron chi connectivity index (χ2n) is 3.75. The molecule has 5 nitrogen and oxygen atoms in total. The predicted molar refractivity (Wildman–Crippen MR) is 79.6 cm³/mol. The highest BCUT2D eigenvalue weighted by Gasteiger charge is 2.12. The molecule has 2 aromatic rings. The standard InChI is InChI=1S/C12H10FIN4O/c13-7-2-1-3-8(11(7)14)18-9-5-17-10(15)4-6(9)12(16)19/h1-5,18H,(H2,15,17)(H2,16,19). The van der Waals surface area contributed by atoms with Crippen LogP contribution in [0.25, 0.3) is 0 Å². The van der Waals surface area contributed by atoms with Gasteiger partial charge in [-0.15, -0.1) is 0 Å². The van der Waals surface area contributed by atoms with Crippen molar-refractivity contribution in [2.75, 3.05) is 11.1 Å². The lowest BCUT2D eigenvalue weighted by molar-refractivity contribution is 0.100. The summed E-state index contributed by atoms with van der Waals surface area (Å²) in [7, 11) is 0. The van der Waals surface area contributed by atoms with Gasteiger partial charge in [0, 0.05) is 0 Å². The average Bonchev–Trinajstić information content (AvgIpc) is 2.36. The number of amides is 1. The molecule has 0 aliphatic rings. The van der Waals surface area contributed by atoms with Crippen LogP contribution in [0, 0.1) is 9.39 Å². The Balaban J connectivity index is 2.44. The quantitative estimate of drug-likeness (QED) is 0.721. The lowest BCUT2D eigenvalue weighted by Crippen LogP contribution is -2.14. The molecule has 5 N–H and O–H groups in total. The normalized spacial score (nSPS) is 10.2. The minimum atomic E-state index is -0.636. The number of aromatic nitrogens is 1. The number of hydrogen-bond acceptors (Lipinski definition) is 4. The van der Waals surface area contributed by atoms with Crippen LogP contribution in [-0.2, 0) is 0 Å². The second kappa shape index (κ2) is 5.39. The highest BCUT2D eigenvalue weighted by atomic mass is 127. The largest absolute Gasteiger partial charge is 0.384 e. The Morgan fingerprint density at radius 2 is 2.11 bits per heavy atom. The molecular weight excluding hydrogens is 362 g/mol. The summed E-state index contributed by atoms with van der Waals surface area (Å²) in [6, 6.07) is 5.97. The van der Waals surface area contributed by atoms with Crippen molar-refractivity contribution in [2.24, 2.45) is 5.73 Å². The van der Waals surface area contributed by atoms with E-state index >= 15 is 0 Å². The SMILES string of the molecule is NC(=O)c1cc(N)ncc1Nc1cccc(F)c1I. The van der Waals surface area contributed by atoms with Crippen LogP contribution in [0.4, 0.5) is 21.6 Å². The molecule has 0 aliphatic heterocycles. The van der Waals surface area contributed by atoms with Crippen molar-refractivity contribution in [1.82, 2.24) is 4.98 Å². The van der Waals surface area contributed by atoms with Crippen molar-refractivity contribution in [3.8, 4) is 0 Å². The molecule has 2 rings (SSSR count). The van der Waals surface area contributed by atoms with E-state index in [2.05, 4.69) is 10.3 Å². The van der Waals surface area contributed by atoms with Crippen LogP contribution in [0.1, 0.15) is 10.4 Å². The van der Waals surface area contributed by atoms with Gasteiger partial charge in [-0.3, -0.25) is 4.79 Å². The molecule has 0 unspecified atom stereocenters. The number of nitrogens with zero attached hydrogens (tertiary/aromatic N) is 1. The zero-order valence-electron chi connectivity index (χ0n) is 9.65. The Morgan fingerprint density at radius 3 is 2.79 bits per heavy atom.